The van der Waals surface area contributed by atoms with E-state index in [-0.39, 0.29) is 12.3 Å². The van der Waals surface area contributed by atoms with Gasteiger partial charge in [0.2, 0.25) is 0 Å². The molecule has 1 unspecified atom stereocenters. The molecule has 0 aromatic heterocycles. The lowest BCUT2D eigenvalue weighted by Crippen LogP contribution is -2.32. The second kappa shape index (κ2) is 5.93. The molecule has 0 aliphatic rings. The highest BCUT2D eigenvalue weighted by Gasteiger charge is 2.38. The summed E-state index contributed by atoms with van der Waals surface area (Å²) in [5.74, 6) is -1.51. The normalized spacial score (nSPS) is 13.8. The molecule has 1 aromatic carbocycles. The molecular weight excluding hydrogens is 303 g/mol. The summed E-state index contributed by atoms with van der Waals surface area (Å²) in [6, 6.07) is 7.18. The smallest absolute Gasteiger partial charge is 0.330 e. The minimum Gasteiger partial charge on any atom is -0.330 e. The molecule has 0 aliphatic heterocycles. The number of hydrogen-bond donors (Lipinski definition) is 1. The largest absolute Gasteiger partial charge is 0.393 e. The van der Waals surface area contributed by atoms with Crippen molar-refractivity contribution >= 4 is 27.7 Å². The van der Waals surface area contributed by atoms with Gasteiger partial charge in [-0.1, -0.05) is 12.1 Å². The van der Waals surface area contributed by atoms with Gasteiger partial charge in [0, 0.05) is 21.7 Å². The Morgan fingerprint density at radius 3 is 2.44 bits per heavy atom. The zero-order valence-electron chi connectivity index (χ0n) is 8.30. The third-order valence-corrected chi connectivity index (χ3v) is 4.21. The predicted octanol–water partition coefficient (Wildman–Crippen LogP) is 3.68. The van der Waals surface area contributed by atoms with E-state index in [0.29, 0.717) is 0 Å². The maximum atomic E-state index is 12.4. The van der Waals surface area contributed by atoms with E-state index < -0.39 is 12.1 Å². The first kappa shape index (κ1) is 13.9. The van der Waals surface area contributed by atoms with E-state index in [1.54, 1.807) is 18.2 Å². The number of benzene rings is 1. The van der Waals surface area contributed by atoms with Crippen LogP contribution in [0.1, 0.15) is 0 Å². The van der Waals surface area contributed by atoms with E-state index in [1.807, 2.05) is 6.07 Å². The molecule has 0 radical (unpaired) electrons. The van der Waals surface area contributed by atoms with Crippen LogP contribution < -0.4 is 5.73 Å². The summed E-state index contributed by atoms with van der Waals surface area (Å²) in [6.07, 6.45) is -4.22. The lowest BCUT2D eigenvalue weighted by atomic mass is 10.2. The Labute approximate surface area is 105 Å². The number of nitrogens with two attached hydrogens (primary N) is 1. The van der Waals surface area contributed by atoms with Crippen LogP contribution in [-0.2, 0) is 0 Å². The standard InChI is InChI=1S/C10H11BrF3NS/c11-8-3-1-2-4-9(8)16-6-7(5-15)10(12,13)14/h1-4,7H,5-6,15H2. The highest BCUT2D eigenvalue weighted by Crippen LogP contribution is 2.33. The van der Waals surface area contributed by atoms with Crippen molar-refractivity contribution in [1.82, 2.24) is 0 Å². The fourth-order valence-corrected chi connectivity index (χ4v) is 2.76. The maximum absolute atomic E-state index is 12.4. The minimum absolute atomic E-state index is 0.0530. The van der Waals surface area contributed by atoms with Gasteiger partial charge in [0.1, 0.15) is 0 Å². The van der Waals surface area contributed by atoms with Gasteiger partial charge in [0.05, 0.1) is 5.92 Å². The van der Waals surface area contributed by atoms with Crippen molar-refractivity contribution in [3.05, 3.63) is 28.7 Å². The molecule has 2 N–H and O–H groups in total. The van der Waals surface area contributed by atoms with Gasteiger partial charge in [-0.15, -0.1) is 11.8 Å². The molecule has 90 valence electrons. The summed E-state index contributed by atoms with van der Waals surface area (Å²) in [4.78, 5) is 0.796. The van der Waals surface area contributed by atoms with Crippen LogP contribution in [0.25, 0.3) is 0 Å². The summed E-state index contributed by atoms with van der Waals surface area (Å²) in [5, 5.41) is 0. The van der Waals surface area contributed by atoms with Crippen LogP contribution in [0.15, 0.2) is 33.6 Å². The zero-order chi connectivity index (χ0) is 12.2. The molecule has 0 saturated carbocycles. The fourth-order valence-electron chi connectivity index (χ4n) is 1.05. The summed E-state index contributed by atoms with van der Waals surface area (Å²) in [6.45, 7) is -0.374. The molecule has 0 aliphatic carbocycles. The van der Waals surface area contributed by atoms with Crippen molar-refractivity contribution < 1.29 is 13.2 Å². The number of rotatable bonds is 4. The topological polar surface area (TPSA) is 26.0 Å². The van der Waals surface area contributed by atoms with Crippen LogP contribution in [0.3, 0.4) is 0 Å². The van der Waals surface area contributed by atoms with E-state index in [1.165, 1.54) is 0 Å². The molecule has 0 spiro atoms. The Bertz CT molecular complexity index is 343. The van der Waals surface area contributed by atoms with E-state index in [0.717, 1.165) is 21.1 Å². The Hall–Kier alpha value is -0.200. The van der Waals surface area contributed by atoms with Crippen molar-refractivity contribution in [1.29, 1.82) is 0 Å². The van der Waals surface area contributed by atoms with Crippen molar-refractivity contribution in [2.75, 3.05) is 12.3 Å². The molecule has 1 rings (SSSR count). The second-order valence-electron chi connectivity index (χ2n) is 3.22. The lowest BCUT2D eigenvalue weighted by molar-refractivity contribution is -0.165. The Kier molecular flexibility index (Phi) is 5.14. The van der Waals surface area contributed by atoms with Crippen molar-refractivity contribution in [2.24, 2.45) is 11.7 Å². The van der Waals surface area contributed by atoms with Gasteiger partial charge in [-0.05, 0) is 28.1 Å². The summed E-state index contributed by atoms with van der Waals surface area (Å²) < 4.78 is 38.1. The van der Waals surface area contributed by atoms with E-state index in [9.17, 15) is 13.2 Å². The van der Waals surface area contributed by atoms with Crippen molar-refractivity contribution in [2.45, 2.75) is 11.1 Å². The van der Waals surface area contributed by atoms with Gasteiger partial charge in [-0.2, -0.15) is 13.2 Å². The third kappa shape index (κ3) is 3.99. The maximum Gasteiger partial charge on any atom is 0.393 e. The molecule has 0 bridgehead atoms. The summed E-state index contributed by atoms with van der Waals surface area (Å²) >= 11 is 4.45. The van der Waals surface area contributed by atoms with Crippen LogP contribution >= 0.6 is 27.7 Å². The Balaban J connectivity index is 2.60. The summed E-state index contributed by atoms with van der Waals surface area (Å²) in [7, 11) is 0. The Morgan fingerprint density at radius 1 is 1.31 bits per heavy atom. The van der Waals surface area contributed by atoms with Crippen LogP contribution in [-0.4, -0.2) is 18.5 Å². The van der Waals surface area contributed by atoms with Crippen LogP contribution in [0, 0.1) is 5.92 Å². The highest BCUT2D eigenvalue weighted by molar-refractivity contribution is 9.10. The molecule has 1 atom stereocenters. The van der Waals surface area contributed by atoms with E-state index in [4.69, 9.17) is 5.73 Å². The van der Waals surface area contributed by atoms with E-state index in [2.05, 4.69) is 15.9 Å². The number of thioether (sulfide) groups is 1. The number of alkyl halides is 3. The monoisotopic (exact) mass is 313 g/mol. The van der Waals surface area contributed by atoms with Gasteiger partial charge in [0.15, 0.2) is 0 Å². The molecule has 0 heterocycles. The molecule has 0 saturated heterocycles. The van der Waals surface area contributed by atoms with Crippen molar-refractivity contribution in [3.8, 4) is 0 Å². The van der Waals surface area contributed by atoms with E-state index >= 15 is 0 Å². The van der Waals surface area contributed by atoms with Gasteiger partial charge >= 0.3 is 6.18 Å². The number of halogens is 4. The molecule has 1 aromatic rings. The average molecular weight is 314 g/mol. The van der Waals surface area contributed by atoms with Crippen LogP contribution in [0.2, 0.25) is 0 Å². The lowest BCUT2D eigenvalue weighted by Gasteiger charge is -2.18. The first-order valence-electron chi connectivity index (χ1n) is 4.59. The SMILES string of the molecule is NCC(CSc1ccccc1Br)C(F)(F)F. The average Bonchev–Trinajstić information content (AvgIpc) is 2.19. The van der Waals surface area contributed by atoms with Crippen LogP contribution in [0.5, 0.6) is 0 Å². The molecule has 6 heteroatoms. The molecule has 0 fully saturated rings. The van der Waals surface area contributed by atoms with Crippen LogP contribution in [0.4, 0.5) is 13.2 Å². The first-order valence-corrected chi connectivity index (χ1v) is 6.37. The quantitative estimate of drug-likeness (QED) is 0.858. The minimum atomic E-state index is -4.22. The van der Waals surface area contributed by atoms with Gasteiger partial charge in [-0.3, -0.25) is 0 Å². The Morgan fingerprint density at radius 2 is 1.94 bits per heavy atom. The van der Waals surface area contributed by atoms with Crippen molar-refractivity contribution in [3.63, 3.8) is 0 Å². The second-order valence-corrected chi connectivity index (χ2v) is 5.13. The van der Waals surface area contributed by atoms with Gasteiger partial charge < -0.3 is 5.73 Å². The number of hydrogen-bond acceptors (Lipinski definition) is 2. The molecular formula is C10H11BrF3NS. The first-order chi connectivity index (χ1) is 7.45. The molecule has 0 amide bonds. The summed E-state index contributed by atoms with van der Waals surface area (Å²) in [5.41, 5.74) is 5.12. The highest BCUT2D eigenvalue weighted by atomic mass is 79.9. The fraction of sp³-hybridized carbons (Fsp3) is 0.400. The zero-order valence-corrected chi connectivity index (χ0v) is 10.7. The third-order valence-electron chi connectivity index (χ3n) is 2.02. The van der Waals surface area contributed by atoms with Gasteiger partial charge in [-0.25, -0.2) is 0 Å². The molecule has 1 nitrogen and oxygen atoms in total. The van der Waals surface area contributed by atoms with Gasteiger partial charge in [0.25, 0.3) is 0 Å². The molecule has 16 heavy (non-hydrogen) atoms. The predicted molar refractivity (Wildman–Crippen MR) is 63.5 cm³/mol.